The lowest BCUT2D eigenvalue weighted by Crippen LogP contribution is -2.21. The van der Waals surface area contributed by atoms with Crippen LogP contribution in [-0.4, -0.2) is 27.4 Å². The first-order valence-corrected chi connectivity index (χ1v) is 10.9. The van der Waals surface area contributed by atoms with E-state index in [0.717, 1.165) is 24.1 Å². The van der Waals surface area contributed by atoms with E-state index in [2.05, 4.69) is 29.1 Å². The molecule has 0 aliphatic rings. The van der Waals surface area contributed by atoms with Gasteiger partial charge in [-0.3, -0.25) is 9.59 Å². The number of benzene rings is 1. The molecule has 2 heterocycles. The number of carbonyl (C=O) groups excluding carboxylic acids is 1. The molecule has 0 amide bonds. The number of allylic oxidation sites excluding steroid dienone is 1. The second kappa shape index (κ2) is 10.7. The molecule has 5 N–H and O–H groups in total. The summed E-state index contributed by atoms with van der Waals surface area (Å²) < 4.78 is 1.65. The van der Waals surface area contributed by atoms with Gasteiger partial charge in [-0.15, -0.1) is 0 Å². The third kappa shape index (κ3) is 5.93. The molecule has 3 rings (SSSR count). The minimum Gasteiger partial charge on any atom is -0.398 e. The van der Waals surface area contributed by atoms with E-state index >= 15 is 0 Å². The highest BCUT2D eigenvalue weighted by Gasteiger charge is 2.15. The van der Waals surface area contributed by atoms with E-state index in [-0.39, 0.29) is 17.1 Å². The summed E-state index contributed by atoms with van der Waals surface area (Å²) in [7, 11) is 1.88. The zero-order valence-electron chi connectivity index (χ0n) is 19.2. The Hall–Kier alpha value is -3.78. The fraction of sp³-hybridized carbons (Fsp3) is 0.280. The molecule has 0 unspecified atom stereocenters. The maximum Gasteiger partial charge on any atom is 0.250 e. The summed E-state index contributed by atoms with van der Waals surface area (Å²) in [4.78, 5) is 33.7. The highest BCUT2D eigenvalue weighted by atomic mass is 16.1. The standard InChI is InChI=1S/C25H30N6O2/c1-4-16(2)14-31-15-19(9-10-23(31)33)21-13-29-25(27)24(30-21)22(32)11-20(26)18-7-5-17(6-8-18)12-28-3/h5-11,13,15-16,28H,4,12,14,26H2,1-3H3,(H2,27,29)/t16-/m0/s1. The fourth-order valence-electron chi connectivity index (χ4n) is 3.32. The first-order valence-electron chi connectivity index (χ1n) is 10.9. The summed E-state index contributed by atoms with van der Waals surface area (Å²) in [6.45, 7) is 5.51. The van der Waals surface area contributed by atoms with Crippen LogP contribution in [0.1, 0.15) is 41.9 Å². The number of hydrogen-bond donors (Lipinski definition) is 3. The van der Waals surface area contributed by atoms with E-state index in [1.807, 2.05) is 31.3 Å². The Balaban J connectivity index is 1.89. The largest absolute Gasteiger partial charge is 0.398 e. The Morgan fingerprint density at radius 2 is 1.94 bits per heavy atom. The molecule has 0 spiro atoms. The SMILES string of the molecule is CC[C@H](C)Cn1cc(-c2cnc(N)c(C(=O)C=C(N)c3ccc(CNC)cc3)n2)ccc1=O. The molecule has 1 aromatic carbocycles. The van der Waals surface area contributed by atoms with Gasteiger partial charge in [-0.1, -0.05) is 44.5 Å². The molecule has 0 radical (unpaired) electrons. The van der Waals surface area contributed by atoms with Gasteiger partial charge in [0, 0.05) is 42.7 Å². The van der Waals surface area contributed by atoms with E-state index in [4.69, 9.17) is 11.5 Å². The van der Waals surface area contributed by atoms with Gasteiger partial charge in [0.1, 0.15) is 0 Å². The van der Waals surface area contributed by atoms with Crippen molar-refractivity contribution in [3.63, 3.8) is 0 Å². The molecule has 8 nitrogen and oxygen atoms in total. The van der Waals surface area contributed by atoms with Gasteiger partial charge >= 0.3 is 0 Å². The molecule has 33 heavy (non-hydrogen) atoms. The number of pyridine rings is 1. The van der Waals surface area contributed by atoms with Crippen molar-refractivity contribution in [2.24, 2.45) is 11.7 Å². The maximum atomic E-state index is 12.9. The summed E-state index contributed by atoms with van der Waals surface area (Å²) in [5.74, 6) is -0.0651. The molecular weight excluding hydrogens is 416 g/mol. The van der Waals surface area contributed by atoms with Crippen LogP contribution in [0.4, 0.5) is 5.82 Å². The normalized spacial score (nSPS) is 12.5. The summed E-state index contributed by atoms with van der Waals surface area (Å²) in [6.07, 6.45) is 5.50. The lowest BCUT2D eigenvalue weighted by molar-refractivity contribution is 0.104. The minimum atomic E-state index is -0.438. The first kappa shape index (κ1) is 23.9. The Labute approximate surface area is 193 Å². The highest BCUT2D eigenvalue weighted by Crippen LogP contribution is 2.19. The van der Waals surface area contributed by atoms with Crippen LogP contribution in [0.15, 0.2) is 59.7 Å². The topological polar surface area (TPSA) is 129 Å². The summed E-state index contributed by atoms with van der Waals surface area (Å²) in [6, 6.07) is 10.8. The van der Waals surface area contributed by atoms with Crippen LogP contribution in [0, 0.1) is 5.92 Å². The van der Waals surface area contributed by atoms with E-state index in [1.165, 1.54) is 18.3 Å². The molecule has 3 aromatic rings. The van der Waals surface area contributed by atoms with Crippen LogP contribution in [0.5, 0.6) is 0 Å². The van der Waals surface area contributed by atoms with Crippen LogP contribution < -0.4 is 22.3 Å². The predicted molar refractivity (Wildman–Crippen MR) is 131 cm³/mol. The zero-order chi connectivity index (χ0) is 24.0. The molecule has 0 aliphatic heterocycles. The minimum absolute atomic E-state index is 0.0157. The molecule has 0 bridgehead atoms. The predicted octanol–water partition coefficient (Wildman–Crippen LogP) is 2.84. The zero-order valence-corrected chi connectivity index (χ0v) is 19.2. The maximum absolute atomic E-state index is 12.9. The molecule has 0 aliphatic carbocycles. The van der Waals surface area contributed by atoms with Crippen molar-refractivity contribution in [1.82, 2.24) is 19.9 Å². The Bertz CT molecular complexity index is 1210. The van der Waals surface area contributed by atoms with Gasteiger partial charge in [0.15, 0.2) is 11.5 Å². The molecule has 2 aromatic heterocycles. The lowest BCUT2D eigenvalue weighted by Gasteiger charge is -2.12. The number of carbonyl (C=O) groups is 1. The lowest BCUT2D eigenvalue weighted by atomic mass is 10.1. The van der Waals surface area contributed by atoms with Crippen LogP contribution in [-0.2, 0) is 13.1 Å². The molecule has 1 atom stereocenters. The van der Waals surface area contributed by atoms with Gasteiger partial charge in [0.25, 0.3) is 5.56 Å². The second-order valence-electron chi connectivity index (χ2n) is 8.10. The van der Waals surface area contributed by atoms with Gasteiger partial charge in [-0.05, 0) is 30.2 Å². The number of rotatable bonds is 9. The molecule has 0 saturated carbocycles. The van der Waals surface area contributed by atoms with Crippen LogP contribution in [0.2, 0.25) is 0 Å². The summed E-state index contributed by atoms with van der Waals surface area (Å²) >= 11 is 0. The average Bonchev–Trinajstić information content (AvgIpc) is 2.81. The third-order valence-corrected chi connectivity index (χ3v) is 5.47. The monoisotopic (exact) mass is 446 g/mol. The van der Waals surface area contributed by atoms with E-state index in [9.17, 15) is 9.59 Å². The Morgan fingerprint density at radius 1 is 1.21 bits per heavy atom. The van der Waals surface area contributed by atoms with Crippen molar-refractivity contribution in [2.75, 3.05) is 12.8 Å². The quantitative estimate of drug-likeness (QED) is 0.340. The van der Waals surface area contributed by atoms with Crippen molar-refractivity contribution < 1.29 is 4.79 Å². The molecule has 172 valence electrons. The van der Waals surface area contributed by atoms with Gasteiger partial charge in [0.2, 0.25) is 5.78 Å². The second-order valence-corrected chi connectivity index (χ2v) is 8.10. The number of aromatic nitrogens is 3. The summed E-state index contributed by atoms with van der Waals surface area (Å²) in [5.41, 5.74) is 15.3. The van der Waals surface area contributed by atoms with E-state index < -0.39 is 5.78 Å². The third-order valence-electron chi connectivity index (χ3n) is 5.47. The number of nitrogens with two attached hydrogens (primary N) is 2. The Morgan fingerprint density at radius 3 is 2.61 bits per heavy atom. The molecule has 0 fully saturated rings. The number of anilines is 1. The molecule has 8 heteroatoms. The van der Waals surface area contributed by atoms with E-state index in [0.29, 0.717) is 29.4 Å². The van der Waals surface area contributed by atoms with E-state index in [1.54, 1.807) is 16.8 Å². The van der Waals surface area contributed by atoms with Crippen molar-refractivity contribution in [2.45, 2.75) is 33.4 Å². The van der Waals surface area contributed by atoms with Gasteiger partial charge in [-0.25, -0.2) is 9.97 Å². The number of nitrogens with zero attached hydrogens (tertiary/aromatic N) is 3. The smallest absolute Gasteiger partial charge is 0.250 e. The van der Waals surface area contributed by atoms with Crippen LogP contribution in [0.25, 0.3) is 17.0 Å². The first-order chi connectivity index (χ1) is 15.8. The summed E-state index contributed by atoms with van der Waals surface area (Å²) in [5, 5.41) is 3.08. The van der Waals surface area contributed by atoms with Gasteiger partial charge < -0.3 is 21.4 Å². The Kier molecular flexibility index (Phi) is 7.74. The fourth-order valence-corrected chi connectivity index (χ4v) is 3.32. The van der Waals surface area contributed by atoms with Crippen LogP contribution in [0.3, 0.4) is 0 Å². The highest BCUT2D eigenvalue weighted by molar-refractivity contribution is 6.09. The van der Waals surface area contributed by atoms with Crippen molar-refractivity contribution >= 4 is 17.3 Å². The van der Waals surface area contributed by atoms with Crippen molar-refractivity contribution in [3.05, 3.63) is 82.0 Å². The average molecular weight is 447 g/mol. The van der Waals surface area contributed by atoms with Gasteiger partial charge in [0.05, 0.1) is 11.9 Å². The molecular formula is C25H30N6O2. The number of ketones is 1. The number of nitrogen functional groups attached to an aromatic ring is 1. The van der Waals surface area contributed by atoms with Crippen molar-refractivity contribution in [1.29, 1.82) is 0 Å². The number of nitrogens with one attached hydrogen (secondary N) is 1. The molecule has 0 saturated heterocycles. The van der Waals surface area contributed by atoms with Crippen LogP contribution >= 0.6 is 0 Å². The van der Waals surface area contributed by atoms with Crippen molar-refractivity contribution in [3.8, 4) is 11.3 Å². The number of hydrogen-bond acceptors (Lipinski definition) is 7. The van der Waals surface area contributed by atoms with Gasteiger partial charge in [-0.2, -0.15) is 0 Å².